The van der Waals surface area contributed by atoms with Crippen molar-refractivity contribution in [2.24, 2.45) is 0 Å². The van der Waals surface area contributed by atoms with Crippen LogP contribution in [0.5, 0.6) is 0 Å². The van der Waals surface area contributed by atoms with Crippen LogP contribution < -0.4 is 11.1 Å². The highest BCUT2D eigenvalue weighted by Crippen LogP contribution is 2.33. The first-order valence-corrected chi connectivity index (χ1v) is 5.29. The van der Waals surface area contributed by atoms with Gasteiger partial charge in [-0.3, -0.25) is 4.79 Å². The quantitative estimate of drug-likeness (QED) is 0.748. The van der Waals surface area contributed by atoms with Crippen LogP contribution in [0, 0.1) is 0 Å². The van der Waals surface area contributed by atoms with E-state index in [9.17, 15) is 4.79 Å². The number of anilines is 1. The number of amides is 1. The fourth-order valence-corrected chi connectivity index (χ4v) is 2.07. The Hall–Kier alpha value is -1.03. The normalized spacial score (nSPS) is 11.4. The van der Waals surface area contributed by atoms with E-state index in [4.69, 9.17) is 5.73 Å². The molecule has 3 nitrogen and oxygen atoms in total. The summed E-state index contributed by atoms with van der Waals surface area (Å²) in [5.41, 5.74) is 6.40. The van der Waals surface area contributed by atoms with Gasteiger partial charge < -0.3 is 11.1 Å². The van der Waals surface area contributed by atoms with E-state index in [1.54, 1.807) is 7.05 Å². The van der Waals surface area contributed by atoms with Gasteiger partial charge in [0, 0.05) is 11.9 Å². The second-order valence-electron chi connectivity index (χ2n) is 4.22. The van der Waals surface area contributed by atoms with Crippen molar-refractivity contribution in [3.8, 4) is 0 Å². The van der Waals surface area contributed by atoms with Crippen molar-refractivity contribution in [1.82, 2.24) is 5.32 Å². The minimum Gasteiger partial charge on any atom is -0.390 e. The van der Waals surface area contributed by atoms with Crippen LogP contribution in [-0.2, 0) is 5.41 Å². The van der Waals surface area contributed by atoms with Crippen LogP contribution in [0.3, 0.4) is 0 Å². The van der Waals surface area contributed by atoms with Crippen LogP contribution in [0.2, 0.25) is 0 Å². The number of hydrogen-bond acceptors (Lipinski definition) is 3. The predicted octanol–water partition coefficient (Wildman–Crippen LogP) is 1.99. The monoisotopic (exact) mass is 212 g/mol. The maximum absolute atomic E-state index is 11.4. The van der Waals surface area contributed by atoms with Gasteiger partial charge in [0.2, 0.25) is 0 Å². The molecule has 0 atom stereocenters. The molecule has 0 aliphatic heterocycles. The van der Waals surface area contributed by atoms with Gasteiger partial charge in [0.1, 0.15) is 0 Å². The van der Waals surface area contributed by atoms with Crippen molar-refractivity contribution >= 4 is 22.2 Å². The second kappa shape index (κ2) is 3.61. The number of rotatable bonds is 1. The molecule has 0 fully saturated rings. The molecule has 0 unspecified atom stereocenters. The molecule has 1 aromatic rings. The third-order valence-electron chi connectivity index (χ3n) is 1.97. The lowest BCUT2D eigenvalue weighted by molar-refractivity contribution is 0.0964. The van der Waals surface area contributed by atoms with Crippen LogP contribution in [0.25, 0.3) is 0 Å². The van der Waals surface area contributed by atoms with Crippen LogP contribution in [-0.4, -0.2) is 13.0 Å². The Bertz CT molecular complexity index is 349. The summed E-state index contributed by atoms with van der Waals surface area (Å²) in [6, 6.07) is 1.87. The van der Waals surface area contributed by atoms with Gasteiger partial charge in [0.25, 0.3) is 5.91 Å². The first kappa shape index (κ1) is 11.0. The molecule has 0 aliphatic rings. The van der Waals surface area contributed by atoms with Crippen LogP contribution >= 0.6 is 11.3 Å². The number of nitrogens with one attached hydrogen (secondary N) is 1. The first-order chi connectivity index (χ1) is 6.36. The topological polar surface area (TPSA) is 55.1 Å². The highest BCUT2D eigenvalue weighted by molar-refractivity contribution is 7.16. The van der Waals surface area contributed by atoms with Crippen LogP contribution in [0.15, 0.2) is 6.07 Å². The number of nitrogen functional groups attached to an aromatic ring is 1. The number of nitrogens with two attached hydrogens (primary N) is 1. The van der Waals surface area contributed by atoms with Crippen molar-refractivity contribution in [1.29, 1.82) is 0 Å². The van der Waals surface area contributed by atoms with Crippen LogP contribution in [0.1, 0.15) is 36.0 Å². The third-order valence-corrected chi connectivity index (χ3v) is 3.36. The lowest BCUT2D eigenvalue weighted by Gasteiger charge is -2.14. The summed E-state index contributed by atoms with van der Waals surface area (Å²) in [5.74, 6) is -0.116. The summed E-state index contributed by atoms with van der Waals surface area (Å²) < 4.78 is 0. The van der Waals surface area contributed by atoms with E-state index in [1.807, 2.05) is 6.07 Å². The standard InChI is InChI=1S/C10H16N2OS/c1-10(2,3)7-5-6(8(11)14-7)9(13)12-4/h5H,11H2,1-4H3,(H,12,13). The summed E-state index contributed by atoms with van der Waals surface area (Å²) in [6.45, 7) is 6.31. The lowest BCUT2D eigenvalue weighted by Crippen LogP contribution is -2.18. The number of carbonyl (C=O) groups is 1. The summed E-state index contributed by atoms with van der Waals surface area (Å²) in [6.07, 6.45) is 0. The Morgan fingerprint density at radius 3 is 2.43 bits per heavy atom. The van der Waals surface area contributed by atoms with Crippen molar-refractivity contribution in [3.05, 3.63) is 16.5 Å². The average molecular weight is 212 g/mol. The molecule has 0 radical (unpaired) electrons. The molecule has 14 heavy (non-hydrogen) atoms. The Kier molecular flexibility index (Phi) is 2.85. The average Bonchev–Trinajstić information content (AvgIpc) is 2.45. The molecule has 0 aromatic carbocycles. The number of carbonyl (C=O) groups excluding carboxylic acids is 1. The molecule has 0 saturated carbocycles. The first-order valence-electron chi connectivity index (χ1n) is 4.48. The van der Waals surface area contributed by atoms with E-state index in [1.165, 1.54) is 11.3 Å². The van der Waals surface area contributed by atoms with Gasteiger partial charge in [0.15, 0.2) is 0 Å². The van der Waals surface area contributed by atoms with Gasteiger partial charge in [-0.15, -0.1) is 11.3 Å². The molecule has 0 saturated heterocycles. The molecule has 0 bridgehead atoms. The van der Waals surface area contributed by atoms with Gasteiger partial charge in [0.05, 0.1) is 10.6 Å². The molecule has 1 rings (SSSR count). The highest BCUT2D eigenvalue weighted by atomic mass is 32.1. The molecular weight excluding hydrogens is 196 g/mol. The Morgan fingerprint density at radius 2 is 2.07 bits per heavy atom. The van der Waals surface area contributed by atoms with Gasteiger partial charge >= 0.3 is 0 Å². The smallest absolute Gasteiger partial charge is 0.254 e. The number of hydrogen-bond donors (Lipinski definition) is 2. The number of thiophene rings is 1. The van der Waals surface area contributed by atoms with E-state index >= 15 is 0 Å². The zero-order chi connectivity index (χ0) is 10.9. The summed E-state index contributed by atoms with van der Waals surface area (Å²) in [5, 5.41) is 3.17. The van der Waals surface area contributed by atoms with E-state index in [0.29, 0.717) is 10.6 Å². The summed E-state index contributed by atoms with van der Waals surface area (Å²) in [4.78, 5) is 12.5. The molecular formula is C10H16N2OS. The largest absolute Gasteiger partial charge is 0.390 e. The van der Waals surface area contributed by atoms with Crippen molar-refractivity contribution in [2.75, 3.05) is 12.8 Å². The molecule has 1 aromatic heterocycles. The fourth-order valence-electron chi connectivity index (χ4n) is 1.09. The Labute approximate surface area is 88.3 Å². The van der Waals surface area contributed by atoms with Crippen molar-refractivity contribution < 1.29 is 4.79 Å². The third kappa shape index (κ3) is 2.07. The zero-order valence-corrected chi connectivity index (χ0v) is 9.79. The Balaban J connectivity index is 3.12. The lowest BCUT2D eigenvalue weighted by atomic mass is 9.94. The fraction of sp³-hybridized carbons (Fsp3) is 0.500. The Morgan fingerprint density at radius 1 is 1.50 bits per heavy atom. The van der Waals surface area contributed by atoms with E-state index in [0.717, 1.165) is 4.88 Å². The molecule has 1 heterocycles. The SMILES string of the molecule is CNC(=O)c1cc(C(C)(C)C)sc1N. The molecule has 3 N–H and O–H groups in total. The van der Waals surface area contributed by atoms with Gasteiger partial charge in [-0.05, 0) is 11.5 Å². The maximum atomic E-state index is 11.4. The van der Waals surface area contributed by atoms with Gasteiger partial charge in [-0.2, -0.15) is 0 Å². The predicted molar refractivity (Wildman–Crippen MR) is 60.8 cm³/mol. The molecule has 0 spiro atoms. The molecule has 78 valence electrons. The van der Waals surface area contributed by atoms with E-state index < -0.39 is 0 Å². The molecule has 1 amide bonds. The molecule has 0 aliphatic carbocycles. The van der Waals surface area contributed by atoms with Gasteiger partial charge in [-0.25, -0.2) is 0 Å². The maximum Gasteiger partial charge on any atom is 0.254 e. The summed E-state index contributed by atoms with van der Waals surface area (Å²) >= 11 is 1.48. The van der Waals surface area contributed by atoms with Gasteiger partial charge in [-0.1, -0.05) is 20.8 Å². The summed E-state index contributed by atoms with van der Waals surface area (Å²) in [7, 11) is 1.61. The van der Waals surface area contributed by atoms with E-state index in [2.05, 4.69) is 26.1 Å². The minimum absolute atomic E-state index is 0.0467. The van der Waals surface area contributed by atoms with Crippen molar-refractivity contribution in [2.45, 2.75) is 26.2 Å². The zero-order valence-electron chi connectivity index (χ0n) is 8.97. The minimum atomic E-state index is -0.116. The molecule has 4 heteroatoms. The van der Waals surface area contributed by atoms with Crippen LogP contribution in [0.4, 0.5) is 5.00 Å². The van der Waals surface area contributed by atoms with E-state index in [-0.39, 0.29) is 11.3 Å². The van der Waals surface area contributed by atoms with Crippen molar-refractivity contribution in [3.63, 3.8) is 0 Å². The highest BCUT2D eigenvalue weighted by Gasteiger charge is 2.20. The second-order valence-corrected chi connectivity index (χ2v) is 5.30.